The van der Waals surface area contributed by atoms with Gasteiger partial charge in [0.2, 0.25) is 0 Å². The quantitative estimate of drug-likeness (QED) is 0.187. The van der Waals surface area contributed by atoms with Gasteiger partial charge in [-0.15, -0.1) is 0 Å². The topological polar surface area (TPSA) is 55.6 Å². The summed E-state index contributed by atoms with van der Waals surface area (Å²) < 4.78 is 9.35. The van der Waals surface area contributed by atoms with Gasteiger partial charge >= 0.3 is 0 Å². The van der Waals surface area contributed by atoms with Crippen molar-refractivity contribution in [1.82, 2.24) is 9.99 Å². The SMILES string of the molecule is O=C(N/N=C\c1cc(Br)c(OCc2ccc(Cl)cc2)c(Br)c1)c1ccccc1-n1cccc1. The molecule has 0 unspecified atom stereocenters. The van der Waals surface area contributed by atoms with Crippen molar-refractivity contribution in [3.05, 3.63) is 116 Å². The number of carbonyl (C=O) groups is 1. The van der Waals surface area contributed by atoms with Crippen molar-refractivity contribution in [2.45, 2.75) is 6.61 Å². The molecule has 166 valence electrons. The van der Waals surface area contributed by atoms with Crippen molar-refractivity contribution in [3.63, 3.8) is 0 Å². The molecule has 8 heteroatoms. The highest BCUT2D eigenvalue weighted by atomic mass is 79.9. The zero-order chi connectivity index (χ0) is 23.2. The predicted molar refractivity (Wildman–Crippen MR) is 138 cm³/mol. The number of aromatic nitrogens is 1. The summed E-state index contributed by atoms with van der Waals surface area (Å²) in [5, 5.41) is 4.81. The second-order valence-corrected chi connectivity index (χ2v) is 9.18. The highest BCUT2D eigenvalue weighted by molar-refractivity contribution is 9.11. The van der Waals surface area contributed by atoms with Gasteiger partial charge in [-0.1, -0.05) is 35.9 Å². The van der Waals surface area contributed by atoms with Crippen LogP contribution in [-0.2, 0) is 6.61 Å². The smallest absolute Gasteiger partial charge is 0.273 e. The Labute approximate surface area is 213 Å². The summed E-state index contributed by atoms with van der Waals surface area (Å²) >= 11 is 13.0. The van der Waals surface area contributed by atoms with Crippen molar-refractivity contribution in [2.24, 2.45) is 5.10 Å². The van der Waals surface area contributed by atoms with Crippen LogP contribution in [0.2, 0.25) is 5.02 Å². The molecule has 0 fully saturated rings. The first kappa shape index (κ1) is 23.3. The fraction of sp³-hybridized carbons (Fsp3) is 0.0400. The molecule has 0 atom stereocenters. The number of benzene rings is 3. The number of halogens is 3. The maximum absolute atomic E-state index is 12.7. The highest BCUT2D eigenvalue weighted by Gasteiger charge is 2.12. The Bertz CT molecular complexity index is 1270. The third kappa shape index (κ3) is 5.93. The molecule has 3 aromatic carbocycles. The van der Waals surface area contributed by atoms with E-state index < -0.39 is 0 Å². The van der Waals surface area contributed by atoms with E-state index in [1.165, 1.54) is 0 Å². The second kappa shape index (κ2) is 10.8. The summed E-state index contributed by atoms with van der Waals surface area (Å²) in [6, 6.07) is 22.4. The number of nitrogens with one attached hydrogen (secondary N) is 1. The van der Waals surface area contributed by atoms with Crippen LogP contribution in [0, 0.1) is 0 Å². The van der Waals surface area contributed by atoms with E-state index in [-0.39, 0.29) is 5.91 Å². The van der Waals surface area contributed by atoms with Crippen LogP contribution in [-0.4, -0.2) is 16.7 Å². The van der Waals surface area contributed by atoms with Crippen molar-refractivity contribution in [1.29, 1.82) is 0 Å². The summed E-state index contributed by atoms with van der Waals surface area (Å²) in [4.78, 5) is 12.7. The van der Waals surface area contributed by atoms with Crippen LogP contribution < -0.4 is 10.2 Å². The molecule has 5 nitrogen and oxygen atoms in total. The third-order valence-electron chi connectivity index (χ3n) is 4.73. The van der Waals surface area contributed by atoms with E-state index in [1.807, 2.05) is 83.7 Å². The molecule has 1 aromatic heterocycles. The first-order chi connectivity index (χ1) is 16.0. The predicted octanol–water partition coefficient (Wildman–Crippen LogP) is 7.00. The van der Waals surface area contributed by atoms with E-state index >= 15 is 0 Å². The van der Waals surface area contributed by atoms with Gasteiger partial charge in [-0.2, -0.15) is 5.10 Å². The van der Waals surface area contributed by atoms with Crippen molar-refractivity contribution < 1.29 is 9.53 Å². The van der Waals surface area contributed by atoms with Gasteiger partial charge < -0.3 is 9.30 Å². The number of carbonyl (C=O) groups excluding carboxylic acids is 1. The maximum atomic E-state index is 12.7. The molecule has 4 aromatic rings. The van der Waals surface area contributed by atoms with Crippen LogP contribution in [0.5, 0.6) is 5.75 Å². The molecule has 4 rings (SSSR count). The van der Waals surface area contributed by atoms with Crippen LogP contribution in [0.4, 0.5) is 0 Å². The van der Waals surface area contributed by atoms with Gasteiger partial charge in [0, 0.05) is 17.4 Å². The average Bonchev–Trinajstić information content (AvgIpc) is 3.34. The largest absolute Gasteiger partial charge is 0.487 e. The normalized spacial score (nSPS) is 11.0. The van der Waals surface area contributed by atoms with Crippen molar-refractivity contribution >= 4 is 55.6 Å². The Morgan fingerprint density at radius 3 is 2.36 bits per heavy atom. The van der Waals surface area contributed by atoms with E-state index in [9.17, 15) is 4.79 Å². The molecule has 1 N–H and O–H groups in total. The summed E-state index contributed by atoms with van der Waals surface area (Å²) in [6.07, 6.45) is 5.36. The Balaban J connectivity index is 1.43. The van der Waals surface area contributed by atoms with Crippen molar-refractivity contribution in [2.75, 3.05) is 0 Å². The zero-order valence-electron chi connectivity index (χ0n) is 17.2. The Hall–Kier alpha value is -2.87. The fourth-order valence-corrected chi connectivity index (χ4v) is 4.72. The lowest BCUT2D eigenvalue weighted by Gasteiger charge is -2.11. The van der Waals surface area contributed by atoms with Crippen LogP contribution in [0.1, 0.15) is 21.5 Å². The standard InChI is InChI=1S/C25H18Br2ClN3O2/c26-21-13-18(14-22(27)24(21)33-16-17-7-9-19(28)10-8-17)15-29-30-25(32)20-5-1-2-6-23(20)31-11-3-4-12-31/h1-15H,16H2,(H,30,32)/b29-15-. The first-order valence-corrected chi connectivity index (χ1v) is 11.9. The number of rotatable bonds is 7. The summed E-state index contributed by atoms with van der Waals surface area (Å²) in [5.74, 6) is 0.378. The van der Waals surface area contributed by atoms with Gasteiger partial charge in [0.25, 0.3) is 5.91 Å². The Kier molecular flexibility index (Phi) is 7.65. The number of para-hydroxylation sites is 1. The zero-order valence-corrected chi connectivity index (χ0v) is 21.1. The molecule has 0 aliphatic heterocycles. The molecule has 1 heterocycles. The number of ether oxygens (including phenoxy) is 1. The van der Waals surface area contributed by atoms with E-state index in [0.29, 0.717) is 22.9 Å². The van der Waals surface area contributed by atoms with Gasteiger partial charge in [0.15, 0.2) is 0 Å². The maximum Gasteiger partial charge on any atom is 0.273 e. The van der Waals surface area contributed by atoms with E-state index in [2.05, 4.69) is 42.4 Å². The number of nitrogens with zero attached hydrogens (tertiary/aromatic N) is 2. The summed E-state index contributed by atoms with van der Waals surface area (Å²) in [7, 11) is 0. The molecule has 1 amide bonds. The van der Waals surface area contributed by atoms with Gasteiger partial charge in [-0.3, -0.25) is 4.79 Å². The molecule has 0 spiro atoms. The molecule has 0 saturated carbocycles. The molecule has 0 radical (unpaired) electrons. The van der Waals surface area contributed by atoms with Crippen LogP contribution in [0.15, 0.2) is 99.2 Å². The lowest BCUT2D eigenvalue weighted by atomic mass is 10.1. The number of hydrogen-bond acceptors (Lipinski definition) is 3. The van der Waals surface area contributed by atoms with Crippen LogP contribution in [0.25, 0.3) is 5.69 Å². The fourth-order valence-electron chi connectivity index (χ4n) is 3.14. The number of amides is 1. The molecule has 0 bridgehead atoms. The minimum Gasteiger partial charge on any atom is -0.487 e. The molecule has 0 aliphatic rings. The molecular formula is C25H18Br2ClN3O2. The summed E-state index contributed by atoms with van der Waals surface area (Å²) in [6.45, 7) is 0.401. The van der Waals surface area contributed by atoms with Gasteiger partial charge in [0.05, 0.1) is 26.4 Å². The van der Waals surface area contributed by atoms with Gasteiger partial charge in [-0.25, -0.2) is 5.43 Å². The molecule has 0 aliphatic carbocycles. The van der Waals surface area contributed by atoms with Crippen molar-refractivity contribution in [3.8, 4) is 11.4 Å². The number of hydrazone groups is 1. The average molecular weight is 588 g/mol. The minimum absolute atomic E-state index is 0.295. The van der Waals surface area contributed by atoms with E-state index in [1.54, 1.807) is 12.3 Å². The Morgan fingerprint density at radius 2 is 1.67 bits per heavy atom. The van der Waals surface area contributed by atoms with Crippen LogP contribution in [0.3, 0.4) is 0 Å². The van der Waals surface area contributed by atoms with E-state index in [4.69, 9.17) is 16.3 Å². The summed E-state index contributed by atoms with van der Waals surface area (Å²) in [5.41, 5.74) is 5.70. The lowest BCUT2D eigenvalue weighted by Crippen LogP contribution is -2.19. The molecule has 0 saturated heterocycles. The monoisotopic (exact) mass is 585 g/mol. The molecule has 33 heavy (non-hydrogen) atoms. The van der Waals surface area contributed by atoms with E-state index in [0.717, 1.165) is 25.8 Å². The van der Waals surface area contributed by atoms with Crippen LogP contribution >= 0.6 is 43.5 Å². The molecular weight excluding hydrogens is 570 g/mol. The van der Waals surface area contributed by atoms with Gasteiger partial charge in [0.1, 0.15) is 12.4 Å². The lowest BCUT2D eigenvalue weighted by molar-refractivity contribution is 0.0955. The van der Waals surface area contributed by atoms with Gasteiger partial charge in [-0.05, 0) is 91.5 Å². The third-order valence-corrected chi connectivity index (χ3v) is 6.16. The highest BCUT2D eigenvalue weighted by Crippen LogP contribution is 2.35. The number of hydrogen-bond donors (Lipinski definition) is 1. The first-order valence-electron chi connectivity index (χ1n) is 9.93. The minimum atomic E-state index is -0.295. The Morgan fingerprint density at radius 1 is 1.00 bits per heavy atom. The second-order valence-electron chi connectivity index (χ2n) is 7.04.